The smallest absolute Gasteiger partial charge is 0.168 e. The summed E-state index contributed by atoms with van der Waals surface area (Å²) in [5.41, 5.74) is 6.67. The molecular formula is C18H22N4OS. The number of anilines is 2. The van der Waals surface area contributed by atoms with Gasteiger partial charge in [-0.2, -0.15) is 0 Å². The predicted octanol–water partition coefficient (Wildman–Crippen LogP) is 3.19. The Labute approximate surface area is 146 Å². The Kier molecular flexibility index (Phi) is 5.04. The first-order valence-electron chi connectivity index (χ1n) is 8.12. The SMILES string of the molecule is CSc1ccccc1C(=O)[C@@H]1CCCN(c2cc(N)nc(C)n2)C1. The molecule has 1 aromatic carbocycles. The number of carbonyl (C=O) groups is 1. The maximum absolute atomic E-state index is 13.0. The van der Waals surface area contributed by atoms with Crippen molar-refractivity contribution in [2.45, 2.75) is 24.7 Å². The molecule has 5 nitrogen and oxygen atoms in total. The third-order valence-electron chi connectivity index (χ3n) is 4.33. The molecule has 0 spiro atoms. The Hall–Kier alpha value is -2.08. The molecule has 3 rings (SSSR count). The second kappa shape index (κ2) is 7.21. The Morgan fingerprint density at radius 3 is 2.88 bits per heavy atom. The zero-order valence-corrected chi connectivity index (χ0v) is 14.8. The number of thioether (sulfide) groups is 1. The van der Waals surface area contributed by atoms with Crippen LogP contribution in [0.3, 0.4) is 0 Å². The Bertz CT molecular complexity index is 729. The van der Waals surface area contributed by atoms with Gasteiger partial charge in [-0.1, -0.05) is 18.2 Å². The fraction of sp³-hybridized carbons (Fsp3) is 0.389. The lowest BCUT2D eigenvalue weighted by atomic mass is 9.90. The first-order valence-corrected chi connectivity index (χ1v) is 9.34. The highest BCUT2D eigenvalue weighted by Crippen LogP contribution is 2.28. The minimum absolute atomic E-state index is 0.0106. The van der Waals surface area contributed by atoms with E-state index >= 15 is 0 Å². The van der Waals surface area contributed by atoms with E-state index in [9.17, 15) is 4.79 Å². The highest BCUT2D eigenvalue weighted by atomic mass is 32.2. The number of hydrogen-bond donors (Lipinski definition) is 1. The van der Waals surface area contributed by atoms with Crippen LogP contribution in [-0.4, -0.2) is 35.1 Å². The van der Waals surface area contributed by atoms with Gasteiger partial charge in [0.2, 0.25) is 0 Å². The summed E-state index contributed by atoms with van der Waals surface area (Å²) in [5, 5.41) is 0. The van der Waals surface area contributed by atoms with Gasteiger partial charge in [-0.05, 0) is 32.1 Å². The van der Waals surface area contributed by atoms with Crippen LogP contribution in [0.5, 0.6) is 0 Å². The number of Topliss-reactive ketones (excluding diaryl/α,β-unsaturated/α-hetero) is 1. The van der Waals surface area contributed by atoms with E-state index in [0.717, 1.165) is 35.7 Å². The molecule has 0 aliphatic carbocycles. The maximum Gasteiger partial charge on any atom is 0.168 e. The quantitative estimate of drug-likeness (QED) is 0.679. The van der Waals surface area contributed by atoms with Gasteiger partial charge in [0.25, 0.3) is 0 Å². The van der Waals surface area contributed by atoms with Crippen molar-refractivity contribution < 1.29 is 4.79 Å². The lowest BCUT2D eigenvalue weighted by Crippen LogP contribution is -2.39. The molecule has 0 unspecified atom stereocenters. The second-order valence-corrected chi connectivity index (χ2v) is 6.90. The molecule has 0 bridgehead atoms. The largest absolute Gasteiger partial charge is 0.384 e. The third kappa shape index (κ3) is 3.53. The van der Waals surface area contributed by atoms with Gasteiger partial charge in [-0.25, -0.2) is 9.97 Å². The summed E-state index contributed by atoms with van der Waals surface area (Å²) < 4.78 is 0. The molecule has 2 aromatic rings. The van der Waals surface area contributed by atoms with Crippen molar-refractivity contribution in [3.8, 4) is 0 Å². The van der Waals surface area contributed by atoms with Crippen LogP contribution in [0.15, 0.2) is 35.2 Å². The van der Waals surface area contributed by atoms with Crippen LogP contribution in [0.4, 0.5) is 11.6 Å². The molecule has 1 aromatic heterocycles. The number of rotatable bonds is 4. The Morgan fingerprint density at radius 2 is 2.12 bits per heavy atom. The average Bonchev–Trinajstić information content (AvgIpc) is 2.60. The molecule has 1 aliphatic heterocycles. The number of nitrogens with zero attached hydrogens (tertiary/aromatic N) is 3. The van der Waals surface area contributed by atoms with Crippen LogP contribution in [0.25, 0.3) is 0 Å². The summed E-state index contributed by atoms with van der Waals surface area (Å²) in [6, 6.07) is 9.63. The lowest BCUT2D eigenvalue weighted by molar-refractivity contribution is 0.0904. The normalized spacial score (nSPS) is 17.8. The van der Waals surface area contributed by atoms with Gasteiger partial charge < -0.3 is 10.6 Å². The summed E-state index contributed by atoms with van der Waals surface area (Å²) in [5.74, 6) is 2.16. The van der Waals surface area contributed by atoms with E-state index in [4.69, 9.17) is 5.73 Å². The van der Waals surface area contributed by atoms with E-state index in [1.807, 2.05) is 37.4 Å². The van der Waals surface area contributed by atoms with Gasteiger partial charge in [0.15, 0.2) is 5.78 Å². The predicted molar refractivity (Wildman–Crippen MR) is 98.7 cm³/mol. The first-order chi connectivity index (χ1) is 11.6. The summed E-state index contributed by atoms with van der Waals surface area (Å²) >= 11 is 1.62. The molecule has 2 N–H and O–H groups in total. The molecule has 1 atom stereocenters. The van der Waals surface area contributed by atoms with E-state index < -0.39 is 0 Å². The van der Waals surface area contributed by atoms with Crippen LogP contribution in [-0.2, 0) is 0 Å². The molecular weight excluding hydrogens is 320 g/mol. The summed E-state index contributed by atoms with van der Waals surface area (Å²) in [4.78, 5) is 24.8. The molecule has 1 saturated heterocycles. The highest BCUT2D eigenvalue weighted by molar-refractivity contribution is 7.98. The molecule has 0 saturated carbocycles. The number of ketones is 1. The van der Waals surface area contributed by atoms with Crippen molar-refractivity contribution in [3.05, 3.63) is 41.7 Å². The van der Waals surface area contributed by atoms with Crippen molar-refractivity contribution in [1.82, 2.24) is 9.97 Å². The average molecular weight is 342 g/mol. The molecule has 1 fully saturated rings. The van der Waals surface area contributed by atoms with Gasteiger partial charge in [0.1, 0.15) is 17.5 Å². The summed E-state index contributed by atoms with van der Waals surface area (Å²) in [6.07, 6.45) is 3.89. The van der Waals surface area contributed by atoms with Crippen molar-refractivity contribution in [2.75, 3.05) is 30.0 Å². The van der Waals surface area contributed by atoms with Crippen LogP contribution in [0.1, 0.15) is 29.0 Å². The topological polar surface area (TPSA) is 72.1 Å². The molecule has 24 heavy (non-hydrogen) atoms. The lowest BCUT2D eigenvalue weighted by Gasteiger charge is -2.33. The van der Waals surface area contributed by atoms with Crippen molar-refractivity contribution in [2.24, 2.45) is 5.92 Å². The third-order valence-corrected chi connectivity index (χ3v) is 5.13. The Morgan fingerprint density at radius 1 is 1.33 bits per heavy atom. The number of nitrogens with two attached hydrogens (primary N) is 1. The standard InChI is InChI=1S/C18H22N4OS/c1-12-20-16(19)10-17(21-12)22-9-5-6-13(11-22)18(23)14-7-3-4-8-15(14)24-2/h3-4,7-8,10,13H,5-6,9,11H2,1-2H3,(H2,19,20,21)/t13-/m1/s1. The van der Waals surface area contributed by atoms with E-state index in [-0.39, 0.29) is 11.7 Å². The van der Waals surface area contributed by atoms with Crippen molar-refractivity contribution in [1.29, 1.82) is 0 Å². The number of nitrogen functional groups attached to an aromatic ring is 1. The van der Waals surface area contributed by atoms with Crippen LogP contribution < -0.4 is 10.6 Å². The van der Waals surface area contributed by atoms with E-state index in [1.165, 1.54) is 0 Å². The summed E-state index contributed by atoms with van der Waals surface area (Å²) in [7, 11) is 0. The van der Waals surface area contributed by atoms with Gasteiger partial charge in [-0.3, -0.25) is 4.79 Å². The zero-order valence-electron chi connectivity index (χ0n) is 14.0. The number of hydrogen-bond acceptors (Lipinski definition) is 6. The molecule has 6 heteroatoms. The molecule has 0 radical (unpaired) electrons. The molecule has 0 amide bonds. The molecule has 126 valence electrons. The van der Waals surface area contributed by atoms with Crippen molar-refractivity contribution in [3.63, 3.8) is 0 Å². The van der Waals surface area contributed by atoms with E-state index in [2.05, 4.69) is 14.9 Å². The number of benzene rings is 1. The van der Waals surface area contributed by atoms with Gasteiger partial charge in [0.05, 0.1) is 0 Å². The number of aryl methyl sites for hydroxylation is 1. The van der Waals surface area contributed by atoms with Crippen LogP contribution >= 0.6 is 11.8 Å². The van der Waals surface area contributed by atoms with E-state index in [0.29, 0.717) is 18.2 Å². The fourth-order valence-corrected chi connectivity index (χ4v) is 3.81. The molecule has 1 aliphatic rings. The van der Waals surface area contributed by atoms with Crippen LogP contribution in [0.2, 0.25) is 0 Å². The van der Waals surface area contributed by atoms with E-state index in [1.54, 1.807) is 17.8 Å². The minimum Gasteiger partial charge on any atom is -0.384 e. The number of aromatic nitrogens is 2. The van der Waals surface area contributed by atoms with Gasteiger partial charge in [0, 0.05) is 35.5 Å². The van der Waals surface area contributed by atoms with Crippen LogP contribution in [0, 0.1) is 12.8 Å². The monoisotopic (exact) mass is 342 g/mol. The highest BCUT2D eigenvalue weighted by Gasteiger charge is 2.28. The first kappa shape index (κ1) is 16.8. The Balaban J connectivity index is 1.81. The van der Waals surface area contributed by atoms with Gasteiger partial charge >= 0.3 is 0 Å². The van der Waals surface area contributed by atoms with Crippen molar-refractivity contribution >= 4 is 29.2 Å². The number of carbonyl (C=O) groups excluding carboxylic acids is 1. The maximum atomic E-state index is 13.0. The minimum atomic E-state index is -0.0106. The van der Waals surface area contributed by atoms with Gasteiger partial charge in [-0.15, -0.1) is 11.8 Å². The number of piperidine rings is 1. The molecule has 2 heterocycles. The zero-order chi connectivity index (χ0) is 17.1. The fourth-order valence-electron chi connectivity index (χ4n) is 3.20. The second-order valence-electron chi connectivity index (χ2n) is 6.05. The summed E-state index contributed by atoms with van der Waals surface area (Å²) in [6.45, 7) is 3.41.